The fourth-order valence-electron chi connectivity index (χ4n) is 2.79. The Morgan fingerprint density at radius 2 is 1.81 bits per heavy atom. The summed E-state index contributed by atoms with van der Waals surface area (Å²) in [6, 6.07) is 20.8. The predicted octanol–water partition coefficient (Wildman–Crippen LogP) is 5.10. The number of furan rings is 1. The second kappa shape index (κ2) is 8.90. The maximum absolute atomic E-state index is 13.0. The minimum Gasteiger partial charge on any atom is -0.494 e. The van der Waals surface area contributed by atoms with E-state index in [4.69, 9.17) is 9.15 Å². The fraction of sp³-hybridized carbons (Fsp3) is 0.174. The molecule has 0 unspecified atom stereocenters. The molecule has 2 aromatic carbocycles. The van der Waals surface area contributed by atoms with Gasteiger partial charge in [0.15, 0.2) is 0 Å². The Morgan fingerprint density at radius 1 is 1.07 bits per heavy atom. The maximum atomic E-state index is 13.0. The summed E-state index contributed by atoms with van der Waals surface area (Å²) in [5.41, 5.74) is 2.41. The summed E-state index contributed by atoms with van der Waals surface area (Å²) in [6.45, 7) is 4.54. The van der Waals surface area contributed by atoms with Gasteiger partial charge in [-0.25, -0.2) is 0 Å². The summed E-state index contributed by atoms with van der Waals surface area (Å²) in [5.74, 6) is 1.30. The molecule has 138 valence electrons. The zero-order chi connectivity index (χ0) is 19.1. The minimum atomic E-state index is -0.154. The van der Waals surface area contributed by atoms with Gasteiger partial charge in [-0.2, -0.15) is 0 Å². The van der Waals surface area contributed by atoms with Gasteiger partial charge in [0.25, 0.3) is 5.91 Å². The Kier molecular flexibility index (Phi) is 6.10. The topological polar surface area (TPSA) is 51.5 Å². The van der Waals surface area contributed by atoms with Gasteiger partial charge in [0.05, 0.1) is 24.5 Å². The first-order valence-electron chi connectivity index (χ1n) is 9.01. The van der Waals surface area contributed by atoms with Crippen LogP contribution < -0.4 is 10.1 Å². The van der Waals surface area contributed by atoms with Crippen molar-refractivity contribution in [1.82, 2.24) is 5.32 Å². The number of carbonyl (C=O) groups is 1. The highest BCUT2D eigenvalue weighted by Crippen LogP contribution is 2.22. The monoisotopic (exact) mass is 361 g/mol. The van der Waals surface area contributed by atoms with E-state index >= 15 is 0 Å². The quantitative estimate of drug-likeness (QED) is 0.596. The van der Waals surface area contributed by atoms with E-state index < -0.39 is 0 Å². The molecular weight excluding hydrogens is 338 g/mol. The second-order valence-electron chi connectivity index (χ2n) is 6.14. The highest BCUT2D eigenvalue weighted by molar-refractivity contribution is 6.24. The number of ether oxygens (including phenoxy) is 1. The molecule has 0 spiro atoms. The number of benzene rings is 2. The van der Waals surface area contributed by atoms with Crippen molar-refractivity contribution < 1.29 is 13.9 Å². The lowest BCUT2D eigenvalue weighted by molar-refractivity contribution is -0.116. The van der Waals surface area contributed by atoms with Crippen molar-refractivity contribution in [2.24, 2.45) is 0 Å². The summed E-state index contributed by atoms with van der Waals surface area (Å²) in [5, 5.41) is 3.07. The SMILES string of the molecule is CCOc1ccc([C@@H](C)NC(=O)/C(=C/c2ccco2)c2ccccc2)cc1. The molecule has 1 atom stereocenters. The molecule has 1 N–H and O–H groups in total. The van der Waals surface area contributed by atoms with E-state index in [1.165, 1.54) is 0 Å². The van der Waals surface area contributed by atoms with E-state index in [-0.39, 0.29) is 11.9 Å². The summed E-state index contributed by atoms with van der Waals surface area (Å²) in [4.78, 5) is 13.0. The van der Waals surface area contributed by atoms with Gasteiger partial charge in [-0.05, 0) is 55.3 Å². The molecule has 0 aliphatic carbocycles. The van der Waals surface area contributed by atoms with Crippen LogP contribution in [-0.4, -0.2) is 12.5 Å². The van der Waals surface area contributed by atoms with Gasteiger partial charge in [-0.15, -0.1) is 0 Å². The highest BCUT2D eigenvalue weighted by atomic mass is 16.5. The van der Waals surface area contributed by atoms with Crippen LogP contribution in [-0.2, 0) is 4.79 Å². The Hall–Kier alpha value is -3.27. The molecule has 0 saturated carbocycles. The van der Waals surface area contributed by atoms with Gasteiger partial charge < -0.3 is 14.5 Å². The predicted molar refractivity (Wildman–Crippen MR) is 107 cm³/mol. The number of rotatable bonds is 7. The third-order valence-electron chi connectivity index (χ3n) is 4.20. The first-order valence-corrected chi connectivity index (χ1v) is 9.01. The molecule has 0 bridgehead atoms. The number of hydrogen-bond acceptors (Lipinski definition) is 3. The molecule has 4 heteroatoms. The van der Waals surface area contributed by atoms with Crippen molar-refractivity contribution in [2.75, 3.05) is 6.61 Å². The number of nitrogens with one attached hydrogen (secondary N) is 1. The van der Waals surface area contributed by atoms with Crippen molar-refractivity contribution in [2.45, 2.75) is 19.9 Å². The molecule has 27 heavy (non-hydrogen) atoms. The lowest BCUT2D eigenvalue weighted by atomic mass is 10.0. The Labute approximate surface area is 159 Å². The first kappa shape index (κ1) is 18.5. The average molecular weight is 361 g/mol. The maximum Gasteiger partial charge on any atom is 0.252 e. The largest absolute Gasteiger partial charge is 0.494 e. The smallest absolute Gasteiger partial charge is 0.252 e. The molecule has 1 amide bonds. The molecule has 0 fully saturated rings. The van der Waals surface area contributed by atoms with Crippen molar-refractivity contribution in [3.05, 3.63) is 89.9 Å². The standard InChI is InChI=1S/C23H23NO3/c1-3-26-20-13-11-18(12-14-20)17(2)24-23(25)22(16-21-10-7-15-27-21)19-8-5-4-6-9-19/h4-17H,3H2,1-2H3,(H,24,25)/b22-16+/t17-/m1/s1. The summed E-state index contributed by atoms with van der Waals surface area (Å²) in [7, 11) is 0. The van der Waals surface area contributed by atoms with Crippen LogP contribution in [0.15, 0.2) is 77.4 Å². The zero-order valence-electron chi connectivity index (χ0n) is 15.5. The van der Waals surface area contributed by atoms with Crippen molar-refractivity contribution in [1.29, 1.82) is 0 Å². The lowest BCUT2D eigenvalue weighted by Gasteiger charge is -2.16. The molecule has 0 saturated heterocycles. The Morgan fingerprint density at radius 3 is 2.44 bits per heavy atom. The van der Waals surface area contributed by atoms with Crippen LogP contribution in [0.1, 0.15) is 36.8 Å². The number of hydrogen-bond donors (Lipinski definition) is 1. The number of carbonyl (C=O) groups excluding carboxylic acids is 1. The average Bonchev–Trinajstić information content (AvgIpc) is 3.21. The molecule has 1 aromatic heterocycles. The van der Waals surface area contributed by atoms with Crippen LogP contribution in [0, 0.1) is 0 Å². The van der Waals surface area contributed by atoms with Crippen LogP contribution in [0.3, 0.4) is 0 Å². The Balaban J connectivity index is 1.80. The van der Waals surface area contributed by atoms with Crippen LogP contribution in [0.5, 0.6) is 5.75 Å². The summed E-state index contributed by atoms with van der Waals surface area (Å²) < 4.78 is 10.9. The van der Waals surface area contributed by atoms with Crippen molar-refractivity contribution in [3.8, 4) is 5.75 Å². The van der Waals surface area contributed by atoms with E-state index in [1.54, 1.807) is 18.4 Å². The van der Waals surface area contributed by atoms with Gasteiger partial charge in [0, 0.05) is 0 Å². The van der Waals surface area contributed by atoms with Gasteiger partial charge in [0.1, 0.15) is 11.5 Å². The summed E-state index contributed by atoms with van der Waals surface area (Å²) in [6.07, 6.45) is 3.35. The van der Waals surface area contributed by atoms with Crippen molar-refractivity contribution in [3.63, 3.8) is 0 Å². The van der Waals surface area contributed by atoms with Crippen LogP contribution in [0.4, 0.5) is 0 Å². The third-order valence-corrected chi connectivity index (χ3v) is 4.20. The van der Waals surface area contributed by atoms with E-state index in [1.807, 2.05) is 74.5 Å². The Bertz CT molecular complexity index is 881. The fourth-order valence-corrected chi connectivity index (χ4v) is 2.79. The zero-order valence-corrected chi connectivity index (χ0v) is 15.5. The molecule has 3 aromatic rings. The van der Waals surface area contributed by atoms with Gasteiger partial charge >= 0.3 is 0 Å². The van der Waals surface area contributed by atoms with Crippen LogP contribution in [0.25, 0.3) is 11.6 Å². The van der Waals surface area contributed by atoms with Crippen LogP contribution in [0.2, 0.25) is 0 Å². The lowest BCUT2D eigenvalue weighted by Crippen LogP contribution is -2.27. The summed E-state index contributed by atoms with van der Waals surface area (Å²) >= 11 is 0. The highest BCUT2D eigenvalue weighted by Gasteiger charge is 2.16. The van der Waals surface area contributed by atoms with Gasteiger partial charge in [-0.1, -0.05) is 42.5 Å². The molecule has 0 aliphatic rings. The third kappa shape index (κ3) is 4.88. The molecule has 4 nitrogen and oxygen atoms in total. The molecule has 0 aliphatic heterocycles. The van der Waals surface area contributed by atoms with Gasteiger partial charge in [0.2, 0.25) is 0 Å². The van der Waals surface area contributed by atoms with E-state index in [2.05, 4.69) is 5.32 Å². The molecular formula is C23H23NO3. The van der Waals surface area contributed by atoms with Gasteiger partial charge in [-0.3, -0.25) is 4.79 Å². The second-order valence-corrected chi connectivity index (χ2v) is 6.14. The van der Waals surface area contributed by atoms with E-state index in [0.717, 1.165) is 16.9 Å². The number of amides is 1. The van der Waals surface area contributed by atoms with E-state index in [9.17, 15) is 4.79 Å². The molecule has 3 rings (SSSR count). The van der Waals surface area contributed by atoms with E-state index in [0.29, 0.717) is 17.9 Å². The first-order chi connectivity index (χ1) is 13.2. The molecule has 1 heterocycles. The minimum absolute atomic E-state index is 0.142. The van der Waals surface area contributed by atoms with Crippen LogP contribution >= 0.6 is 0 Å². The van der Waals surface area contributed by atoms with Crippen molar-refractivity contribution >= 4 is 17.6 Å². The molecule has 0 radical (unpaired) electrons. The normalized spacial score (nSPS) is 12.4.